The minimum atomic E-state index is -0.0915. The fourth-order valence-electron chi connectivity index (χ4n) is 6.51. The van der Waals surface area contributed by atoms with Crippen molar-refractivity contribution in [1.82, 2.24) is 5.32 Å². The van der Waals surface area contributed by atoms with Crippen LogP contribution in [0.5, 0.6) is 0 Å². The summed E-state index contributed by atoms with van der Waals surface area (Å²) < 4.78 is 0. The number of carbonyl (C=O) groups is 1. The van der Waals surface area contributed by atoms with Gasteiger partial charge in [0.1, 0.15) is 0 Å². The summed E-state index contributed by atoms with van der Waals surface area (Å²) in [4.78, 5) is 12.9. The molecule has 0 aliphatic heterocycles. The maximum absolute atomic E-state index is 12.9. The molecule has 4 bridgehead atoms. The van der Waals surface area contributed by atoms with Gasteiger partial charge >= 0.3 is 0 Å². The van der Waals surface area contributed by atoms with E-state index < -0.39 is 0 Å². The summed E-state index contributed by atoms with van der Waals surface area (Å²) in [5.41, 5.74) is 0.705. The zero-order valence-corrected chi connectivity index (χ0v) is 14.6. The van der Waals surface area contributed by atoms with Crippen LogP contribution in [0.1, 0.15) is 72.1 Å². The molecule has 3 unspecified atom stereocenters. The summed E-state index contributed by atoms with van der Waals surface area (Å²) in [5, 5.41) is 3.27. The highest BCUT2D eigenvalue weighted by atomic mass is 35.5. The molecule has 1 amide bonds. The first-order chi connectivity index (χ1) is 9.78. The molecule has 0 heterocycles. The summed E-state index contributed by atoms with van der Waals surface area (Å²) in [5.74, 6) is 1.07. The number of hydrogen-bond acceptors (Lipinski definition) is 1. The molecule has 4 rings (SSSR count). The highest BCUT2D eigenvalue weighted by Gasteiger charge is 2.62. The first kappa shape index (κ1) is 15.6. The lowest BCUT2D eigenvalue weighted by atomic mass is 9.40. The van der Waals surface area contributed by atoms with Gasteiger partial charge in [-0.15, -0.1) is 11.6 Å². The van der Waals surface area contributed by atoms with Gasteiger partial charge in [-0.25, -0.2) is 0 Å². The third kappa shape index (κ3) is 2.85. The van der Waals surface area contributed by atoms with Crippen LogP contribution < -0.4 is 5.32 Å². The summed E-state index contributed by atoms with van der Waals surface area (Å²) in [6.45, 7) is 7.60. The van der Waals surface area contributed by atoms with Crippen molar-refractivity contribution in [3.05, 3.63) is 0 Å². The Kier molecular flexibility index (Phi) is 3.83. The van der Waals surface area contributed by atoms with E-state index in [1.807, 2.05) is 0 Å². The van der Waals surface area contributed by atoms with Crippen molar-refractivity contribution in [2.45, 2.75) is 77.5 Å². The quantitative estimate of drug-likeness (QED) is 0.744. The molecule has 120 valence electrons. The number of alkyl halides is 1. The molecule has 2 nitrogen and oxygen atoms in total. The Balaban J connectivity index is 1.71. The molecule has 1 N–H and O–H groups in total. The predicted octanol–water partition coefficient (Wildman–Crippen LogP) is 4.51. The Morgan fingerprint density at radius 3 is 2.33 bits per heavy atom. The predicted molar refractivity (Wildman–Crippen MR) is 87.4 cm³/mol. The molecule has 3 heteroatoms. The minimum absolute atomic E-state index is 0.0824. The third-order valence-corrected chi connectivity index (χ3v) is 6.57. The maximum atomic E-state index is 12.9. The monoisotopic (exact) mass is 311 g/mol. The van der Waals surface area contributed by atoms with Crippen molar-refractivity contribution in [1.29, 1.82) is 0 Å². The fourth-order valence-corrected chi connectivity index (χ4v) is 6.80. The lowest BCUT2D eigenvalue weighted by Crippen LogP contribution is -2.60. The van der Waals surface area contributed by atoms with Crippen LogP contribution in [0.4, 0.5) is 0 Å². The second-order valence-corrected chi connectivity index (χ2v) is 9.62. The molecule has 4 aliphatic rings. The molecule has 3 atom stereocenters. The van der Waals surface area contributed by atoms with E-state index in [4.69, 9.17) is 11.6 Å². The molecule has 0 aromatic rings. The van der Waals surface area contributed by atoms with Crippen molar-refractivity contribution in [3.63, 3.8) is 0 Å². The van der Waals surface area contributed by atoms with Crippen molar-refractivity contribution < 1.29 is 4.79 Å². The Labute approximate surface area is 134 Å². The zero-order chi connectivity index (χ0) is 15.3. The van der Waals surface area contributed by atoms with Gasteiger partial charge in [-0.1, -0.05) is 27.2 Å². The highest BCUT2D eigenvalue weighted by Crippen LogP contribution is 2.69. The Morgan fingerprint density at radius 2 is 1.81 bits per heavy atom. The van der Waals surface area contributed by atoms with Gasteiger partial charge in [0.05, 0.1) is 10.8 Å². The van der Waals surface area contributed by atoms with Crippen LogP contribution in [0, 0.1) is 22.2 Å². The SMILES string of the molecule is CCCC(Cl)CNC(=O)C12CC3CC(C)(CC(C)(C3)C1)C2. The molecule has 21 heavy (non-hydrogen) atoms. The van der Waals surface area contributed by atoms with Crippen molar-refractivity contribution >= 4 is 17.5 Å². The third-order valence-electron chi connectivity index (χ3n) is 6.19. The van der Waals surface area contributed by atoms with Crippen LogP contribution in [0.2, 0.25) is 0 Å². The van der Waals surface area contributed by atoms with Crippen molar-refractivity contribution in [2.24, 2.45) is 22.2 Å². The fraction of sp³-hybridized carbons (Fsp3) is 0.944. The molecule has 0 aromatic carbocycles. The highest BCUT2D eigenvalue weighted by molar-refractivity contribution is 6.20. The lowest BCUT2D eigenvalue weighted by molar-refractivity contribution is -0.170. The van der Waals surface area contributed by atoms with Crippen molar-refractivity contribution in [2.75, 3.05) is 6.54 Å². The number of carbonyl (C=O) groups excluding carboxylic acids is 1. The molecule has 0 aromatic heterocycles. The Hall–Kier alpha value is -0.240. The van der Waals surface area contributed by atoms with E-state index >= 15 is 0 Å². The topological polar surface area (TPSA) is 29.1 Å². The van der Waals surface area contributed by atoms with E-state index in [1.165, 1.54) is 19.3 Å². The molecule has 0 spiro atoms. The van der Waals surface area contributed by atoms with E-state index in [9.17, 15) is 4.79 Å². The number of nitrogens with one attached hydrogen (secondary N) is 1. The van der Waals surface area contributed by atoms with Crippen LogP contribution in [0.15, 0.2) is 0 Å². The normalized spacial score (nSPS) is 45.6. The van der Waals surface area contributed by atoms with Crippen LogP contribution in [-0.4, -0.2) is 17.8 Å². The minimum Gasteiger partial charge on any atom is -0.354 e. The molecule has 4 fully saturated rings. The van der Waals surface area contributed by atoms with Crippen LogP contribution in [0.3, 0.4) is 0 Å². The average molecular weight is 312 g/mol. The van der Waals surface area contributed by atoms with E-state index in [2.05, 4.69) is 26.1 Å². The largest absolute Gasteiger partial charge is 0.354 e. The molecule has 4 saturated carbocycles. The molecular weight excluding hydrogens is 282 g/mol. The molecule has 4 aliphatic carbocycles. The van der Waals surface area contributed by atoms with Gasteiger partial charge in [-0.3, -0.25) is 4.79 Å². The summed E-state index contributed by atoms with van der Waals surface area (Å²) >= 11 is 6.27. The van der Waals surface area contributed by atoms with E-state index in [0.717, 1.165) is 38.0 Å². The van der Waals surface area contributed by atoms with Crippen LogP contribution >= 0.6 is 11.6 Å². The number of rotatable bonds is 5. The van der Waals surface area contributed by atoms with Gasteiger partial charge in [-0.05, 0) is 61.7 Å². The summed E-state index contributed by atoms with van der Waals surface area (Å²) in [7, 11) is 0. The Morgan fingerprint density at radius 1 is 1.19 bits per heavy atom. The van der Waals surface area contributed by atoms with E-state index in [-0.39, 0.29) is 10.8 Å². The summed E-state index contributed by atoms with van der Waals surface area (Å²) in [6.07, 6.45) is 9.36. The molecular formula is C18H30ClNO. The van der Waals surface area contributed by atoms with Gasteiger partial charge in [0.15, 0.2) is 0 Å². The number of halogens is 1. The average Bonchev–Trinajstić information content (AvgIpc) is 2.31. The number of hydrogen-bond donors (Lipinski definition) is 1. The lowest BCUT2D eigenvalue weighted by Gasteiger charge is -2.64. The maximum Gasteiger partial charge on any atom is 0.226 e. The van der Waals surface area contributed by atoms with Gasteiger partial charge in [0.2, 0.25) is 5.91 Å². The van der Waals surface area contributed by atoms with Crippen LogP contribution in [0.25, 0.3) is 0 Å². The molecule has 0 radical (unpaired) electrons. The van der Waals surface area contributed by atoms with E-state index in [1.54, 1.807) is 0 Å². The zero-order valence-electron chi connectivity index (χ0n) is 13.8. The second-order valence-electron chi connectivity index (χ2n) is 9.01. The van der Waals surface area contributed by atoms with Gasteiger partial charge in [0.25, 0.3) is 0 Å². The van der Waals surface area contributed by atoms with Crippen LogP contribution in [-0.2, 0) is 4.79 Å². The van der Waals surface area contributed by atoms with Gasteiger partial charge < -0.3 is 5.32 Å². The molecule has 0 saturated heterocycles. The second kappa shape index (κ2) is 5.15. The smallest absolute Gasteiger partial charge is 0.226 e. The Bertz CT molecular complexity index is 417. The first-order valence-electron chi connectivity index (χ1n) is 8.71. The number of amides is 1. The van der Waals surface area contributed by atoms with Gasteiger partial charge in [0, 0.05) is 6.54 Å². The van der Waals surface area contributed by atoms with E-state index in [0.29, 0.717) is 23.3 Å². The van der Waals surface area contributed by atoms with Gasteiger partial charge in [-0.2, -0.15) is 0 Å². The standard InChI is InChI=1S/C18H30ClNO/c1-4-5-14(19)9-20-15(21)18-8-13-6-16(2,11-18)10-17(3,7-13)12-18/h13-14H,4-12H2,1-3H3,(H,20,21). The summed E-state index contributed by atoms with van der Waals surface area (Å²) in [6, 6.07) is 0. The first-order valence-corrected chi connectivity index (χ1v) is 9.14. The van der Waals surface area contributed by atoms with Crippen molar-refractivity contribution in [3.8, 4) is 0 Å².